The molecule has 8 nitrogen and oxygen atoms in total. The molecule has 4 rings (SSSR count). The molecule has 0 amide bonds. The summed E-state index contributed by atoms with van der Waals surface area (Å²) in [5.74, 6) is -1.82. The van der Waals surface area contributed by atoms with Gasteiger partial charge in [0, 0.05) is 25.5 Å². The number of carbonyl (C=O) groups is 2. The van der Waals surface area contributed by atoms with Gasteiger partial charge < -0.3 is 28.4 Å². The number of allylic oxidation sites excluding steroid dienone is 1. The molecule has 0 bridgehead atoms. The zero-order valence-corrected chi connectivity index (χ0v) is 18.7. The average Bonchev–Trinajstić information content (AvgIpc) is 3.32. The lowest BCUT2D eigenvalue weighted by Gasteiger charge is -2.31. The van der Waals surface area contributed by atoms with Crippen molar-refractivity contribution in [2.24, 2.45) is 5.92 Å². The van der Waals surface area contributed by atoms with Crippen molar-refractivity contribution in [1.29, 1.82) is 0 Å². The normalized spacial score (nSPS) is 35.0. The van der Waals surface area contributed by atoms with E-state index >= 15 is 0 Å². The van der Waals surface area contributed by atoms with Crippen LogP contribution in [0.3, 0.4) is 0 Å². The molecule has 4 aliphatic rings. The van der Waals surface area contributed by atoms with Gasteiger partial charge in [-0.15, -0.1) is 0 Å². The number of carbonyl (C=O) groups excluding carboxylic acids is 2. The lowest BCUT2D eigenvalue weighted by Crippen LogP contribution is -2.36. The number of ether oxygens (including phenoxy) is 6. The molecule has 3 aliphatic heterocycles. The predicted molar refractivity (Wildman–Crippen MR) is 113 cm³/mol. The monoisotopic (exact) mass is 450 g/mol. The van der Waals surface area contributed by atoms with Gasteiger partial charge in [-0.05, 0) is 45.1 Å². The molecule has 0 aromatic carbocycles. The molecule has 1 aliphatic carbocycles. The minimum absolute atomic E-state index is 0.0382. The van der Waals surface area contributed by atoms with Crippen LogP contribution in [0.1, 0.15) is 58.3 Å². The van der Waals surface area contributed by atoms with E-state index in [9.17, 15) is 9.59 Å². The molecule has 4 fully saturated rings. The van der Waals surface area contributed by atoms with Crippen LogP contribution in [0.25, 0.3) is 0 Å². The van der Waals surface area contributed by atoms with Gasteiger partial charge >= 0.3 is 11.9 Å². The Morgan fingerprint density at radius 2 is 1.88 bits per heavy atom. The highest BCUT2D eigenvalue weighted by molar-refractivity contribution is 5.82. The van der Waals surface area contributed by atoms with Gasteiger partial charge in [-0.3, -0.25) is 0 Å². The van der Waals surface area contributed by atoms with Gasteiger partial charge in [-0.1, -0.05) is 18.6 Å². The van der Waals surface area contributed by atoms with Gasteiger partial charge in [0.2, 0.25) is 0 Å². The minimum atomic E-state index is -0.772. The van der Waals surface area contributed by atoms with E-state index < -0.39 is 30.1 Å². The third kappa shape index (κ3) is 5.78. The van der Waals surface area contributed by atoms with Crippen LogP contribution in [0, 0.1) is 5.92 Å². The molecule has 178 valence electrons. The van der Waals surface area contributed by atoms with E-state index in [1.54, 1.807) is 6.08 Å². The van der Waals surface area contributed by atoms with Gasteiger partial charge in [-0.2, -0.15) is 0 Å². The van der Waals surface area contributed by atoms with E-state index in [4.69, 9.17) is 28.4 Å². The van der Waals surface area contributed by atoms with Crippen LogP contribution in [0.2, 0.25) is 0 Å². The van der Waals surface area contributed by atoms with Crippen molar-refractivity contribution in [3.05, 3.63) is 24.3 Å². The zero-order valence-electron chi connectivity index (χ0n) is 18.7. The summed E-state index contributed by atoms with van der Waals surface area (Å²) in [6.07, 6.45) is 13.1. The fraction of sp³-hybridized carbons (Fsp3) is 0.750. The van der Waals surface area contributed by atoms with E-state index in [0.717, 1.165) is 44.9 Å². The van der Waals surface area contributed by atoms with Gasteiger partial charge in [0.25, 0.3) is 0 Å². The molecular formula is C24H34O8. The van der Waals surface area contributed by atoms with Gasteiger partial charge in [-0.25, -0.2) is 9.59 Å². The second kappa shape index (κ2) is 10.9. The Hall–Kier alpha value is -1.74. The predicted octanol–water partition coefficient (Wildman–Crippen LogP) is 3.19. The van der Waals surface area contributed by atoms with E-state index in [1.807, 2.05) is 19.1 Å². The number of esters is 2. The Labute approximate surface area is 189 Å². The van der Waals surface area contributed by atoms with Crippen molar-refractivity contribution < 1.29 is 38.0 Å². The van der Waals surface area contributed by atoms with Crippen LogP contribution in [-0.2, 0) is 38.0 Å². The highest BCUT2D eigenvalue weighted by Gasteiger charge is 2.46. The number of rotatable bonds is 7. The Balaban J connectivity index is 1.28. The molecule has 0 aromatic heterocycles. The molecule has 1 saturated carbocycles. The molecule has 0 N–H and O–H groups in total. The third-order valence-corrected chi connectivity index (χ3v) is 6.42. The van der Waals surface area contributed by atoms with E-state index in [0.29, 0.717) is 6.61 Å². The van der Waals surface area contributed by atoms with Crippen LogP contribution in [0.5, 0.6) is 0 Å². The fourth-order valence-corrected chi connectivity index (χ4v) is 4.72. The topological polar surface area (TPSA) is 89.5 Å². The highest BCUT2D eigenvalue weighted by atomic mass is 16.8. The van der Waals surface area contributed by atoms with Crippen LogP contribution in [0.4, 0.5) is 0 Å². The summed E-state index contributed by atoms with van der Waals surface area (Å²) in [5.41, 5.74) is 0. The summed E-state index contributed by atoms with van der Waals surface area (Å²) in [6, 6.07) is 0. The molecule has 0 aromatic rings. The van der Waals surface area contributed by atoms with Crippen LogP contribution < -0.4 is 0 Å². The molecule has 32 heavy (non-hydrogen) atoms. The van der Waals surface area contributed by atoms with Crippen LogP contribution >= 0.6 is 0 Å². The standard InChI is InChI=1S/C24H34O8/c1-2-8-18-19(32-24(31-18)12-5-3-6-13-24)10-11-20(25)28-15-17-16-29-23(26)22(17)30-21-9-4-7-14-27-21/h2,8,10-11,17-19,21-22H,3-7,9,12-16H2,1H3/b8-2+,11-10+/t17-,18-,19-,21?,22-/m0/s1. The summed E-state index contributed by atoms with van der Waals surface area (Å²) in [7, 11) is 0. The summed E-state index contributed by atoms with van der Waals surface area (Å²) in [6.45, 7) is 2.76. The van der Waals surface area contributed by atoms with Gasteiger partial charge in [0.05, 0.1) is 5.92 Å². The highest BCUT2D eigenvalue weighted by Crippen LogP contribution is 2.41. The molecular weight excluding hydrogens is 416 g/mol. The fourth-order valence-electron chi connectivity index (χ4n) is 4.72. The Morgan fingerprint density at radius 1 is 1.09 bits per heavy atom. The molecule has 0 radical (unpaired) electrons. The van der Waals surface area contributed by atoms with Crippen LogP contribution in [0.15, 0.2) is 24.3 Å². The number of hydrogen-bond acceptors (Lipinski definition) is 8. The summed E-state index contributed by atoms with van der Waals surface area (Å²) < 4.78 is 34.3. The summed E-state index contributed by atoms with van der Waals surface area (Å²) in [4.78, 5) is 24.4. The molecule has 1 spiro atoms. The summed E-state index contributed by atoms with van der Waals surface area (Å²) >= 11 is 0. The zero-order chi connectivity index (χ0) is 22.4. The van der Waals surface area contributed by atoms with E-state index in [1.165, 1.54) is 12.5 Å². The van der Waals surface area contributed by atoms with Gasteiger partial charge in [0.15, 0.2) is 18.2 Å². The first-order valence-electron chi connectivity index (χ1n) is 11.9. The Kier molecular flexibility index (Phi) is 7.99. The lowest BCUT2D eigenvalue weighted by molar-refractivity contribution is -0.200. The maximum Gasteiger partial charge on any atom is 0.335 e. The molecule has 8 heteroatoms. The second-order valence-corrected chi connectivity index (χ2v) is 8.89. The van der Waals surface area contributed by atoms with Crippen molar-refractivity contribution >= 4 is 11.9 Å². The lowest BCUT2D eigenvalue weighted by atomic mass is 9.94. The third-order valence-electron chi connectivity index (χ3n) is 6.42. The van der Waals surface area contributed by atoms with Crippen molar-refractivity contribution in [2.45, 2.75) is 88.7 Å². The van der Waals surface area contributed by atoms with E-state index in [-0.39, 0.29) is 31.3 Å². The Bertz CT molecular complexity index is 705. The van der Waals surface area contributed by atoms with Crippen molar-refractivity contribution in [1.82, 2.24) is 0 Å². The first kappa shape index (κ1) is 23.4. The SMILES string of the molecule is C/C=C/[C@@H]1OC2(CCCCC2)O[C@H]1/C=C/C(=O)OC[C@H]1COC(=O)[C@H]1OC1CCCCO1. The van der Waals surface area contributed by atoms with Gasteiger partial charge in [0.1, 0.15) is 25.4 Å². The summed E-state index contributed by atoms with van der Waals surface area (Å²) in [5, 5.41) is 0. The molecule has 5 atom stereocenters. The smallest absolute Gasteiger partial charge is 0.335 e. The maximum atomic E-state index is 12.4. The Morgan fingerprint density at radius 3 is 2.59 bits per heavy atom. The number of hydrogen-bond donors (Lipinski definition) is 0. The first-order chi connectivity index (χ1) is 15.6. The van der Waals surface area contributed by atoms with Crippen LogP contribution in [-0.4, -0.2) is 62.1 Å². The van der Waals surface area contributed by atoms with Crippen molar-refractivity contribution in [3.8, 4) is 0 Å². The molecule has 3 saturated heterocycles. The molecule has 3 heterocycles. The quantitative estimate of drug-likeness (QED) is 0.332. The largest absolute Gasteiger partial charge is 0.463 e. The second-order valence-electron chi connectivity index (χ2n) is 8.89. The molecule has 1 unspecified atom stereocenters. The van der Waals surface area contributed by atoms with Crippen molar-refractivity contribution in [3.63, 3.8) is 0 Å². The first-order valence-corrected chi connectivity index (χ1v) is 11.9. The van der Waals surface area contributed by atoms with Crippen molar-refractivity contribution in [2.75, 3.05) is 19.8 Å². The maximum absolute atomic E-state index is 12.4. The van der Waals surface area contributed by atoms with E-state index in [2.05, 4.69) is 0 Å². The average molecular weight is 451 g/mol. The minimum Gasteiger partial charge on any atom is -0.463 e. The number of cyclic esters (lactones) is 1.